The first-order valence-corrected chi connectivity index (χ1v) is 1.48. The van der Waals surface area contributed by atoms with Crippen LogP contribution in [0.1, 0.15) is 6.92 Å². The second-order valence-corrected chi connectivity index (χ2v) is 0.574. The van der Waals surface area contributed by atoms with Gasteiger partial charge in [0.1, 0.15) is 0 Å². The Morgan fingerprint density at radius 3 is 2.00 bits per heavy atom. The maximum atomic E-state index is 3.47. The van der Waals surface area contributed by atoms with Gasteiger partial charge in [-0.15, -0.1) is 0 Å². The molecule has 0 aromatic rings. The Balaban J connectivity index is 0. The monoisotopic (exact) mass is 255 g/mol. The summed E-state index contributed by atoms with van der Waals surface area (Å²) >= 11 is 0. The minimum atomic E-state index is 0. The molecule has 0 aromatic heterocycles. The number of hydrogen-bond acceptors (Lipinski definition) is 2. The van der Waals surface area contributed by atoms with Crippen LogP contribution in [0.2, 0.25) is 0 Å². The van der Waals surface area contributed by atoms with Crippen LogP contribution in [0.3, 0.4) is 0 Å². The molecule has 0 N–H and O–H groups in total. The van der Waals surface area contributed by atoms with Crippen molar-refractivity contribution in [1.29, 1.82) is 0 Å². The molecule has 0 rings (SSSR count). The largest absolute Gasteiger partial charge is 2.00 e. The van der Waals surface area contributed by atoms with Crippen LogP contribution in [0.15, 0.2) is 10.2 Å². The van der Waals surface area contributed by atoms with E-state index in [-0.39, 0.29) is 21.1 Å². The average Bonchev–Trinajstić information content (AvgIpc) is 1.41. The van der Waals surface area contributed by atoms with Crippen molar-refractivity contribution < 1.29 is 21.1 Å². The zero-order valence-electron chi connectivity index (χ0n) is 3.88. The molecule has 34 valence electrons. The average molecular weight is 255 g/mol. The summed E-state index contributed by atoms with van der Waals surface area (Å²) in [5.74, 6) is 0. The van der Waals surface area contributed by atoms with Gasteiger partial charge in [0.05, 0.1) is 0 Å². The third kappa shape index (κ3) is 8.90. The number of rotatable bonds is 1. The fourth-order valence-corrected chi connectivity index (χ4v) is 0.115. The summed E-state index contributed by atoms with van der Waals surface area (Å²) in [6, 6.07) is 0. The van der Waals surface area contributed by atoms with Crippen molar-refractivity contribution in [3.8, 4) is 0 Å². The van der Waals surface area contributed by atoms with Crippen LogP contribution in [0, 0.1) is 6.54 Å². The van der Waals surface area contributed by atoms with Gasteiger partial charge in [-0.05, 0) is 0 Å². The second kappa shape index (κ2) is 8.94. The van der Waals surface area contributed by atoms with Crippen LogP contribution in [-0.4, -0.2) is 7.05 Å². The Hall–Kier alpha value is 0.158. The second-order valence-electron chi connectivity index (χ2n) is 0.574. The standard InChI is InChI=1S/C3H7N2.W/c1-3-5-4-2;/h3H,1-2H3;/q-1;+2. The van der Waals surface area contributed by atoms with Gasteiger partial charge in [0.15, 0.2) is 0 Å². The van der Waals surface area contributed by atoms with Gasteiger partial charge < -0.3 is 5.11 Å². The van der Waals surface area contributed by atoms with Gasteiger partial charge in [0.25, 0.3) is 0 Å². The molecule has 6 heavy (non-hydrogen) atoms. The van der Waals surface area contributed by atoms with Crippen molar-refractivity contribution >= 4 is 0 Å². The molecule has 0 spiro atoms. The normalized spacial score (nSPS) is 7.67. The summed E-state index contributed by atoms with van der Waals surface area (Å²) in [6.45, 7) is 3.47. The SMILES string of the molecule is C[CH-]N=NC.[W+2]. The molecule has 0 saturated heterocycles. The molecule has 0 radical (unpaired) electrons. The van der Waals surface area contributed by atoms with E-state index in [0.717, 1.165) is 0 Å². The quantitative estimate of drug-likeness (QED) is 0.497. The minimum absolute atomic E-state index is 0. The first kappa shape index (κ1) is 9.48. The zero-order valence-corrected chi connectivity index (χ0v) is 6.81. The van der Waals surface area contributed by atoms with Gasteiger partial charge in [-0.3, -0.25) is 6.54 Å². The van der Waals surface area contributed by atoms with Crippen LogP contribution in [-0.2, 0) is 21.1 Å². The predicted molar refractivity (Wildman–Crippen MR) is 20.8 cm³/mol. The third-order valence-electron chi connectivity index (χ3n) is 0.231. The van der Waals surface area contributed by atoms with Crippen molar-refractivity contribution in [1.82, 2.24) is 0 Å². The molecule has 0 aliphatic heterocycles. The summed E-state index contributed by atoms with van der Waals surface area (Å²) in [5, 5.41) is 6.90. The molecular formula is C3H7N2W+. The van der Waals surface area contributed by atoms with Gasteiger partial charge >= 0.3 is 21.1 Å². The molecule has 0 amide bonds. The number of nitrogens with zero attached hydrogens (tertiary/aromatic N) is 2. The van der Waals surface area contributed by atoms with E-state index in [1.807, 2.05) is 6.92 Å². The van der Waals surface area contributed by atoms with E-state index in [1.165, 1.54) is 0 Å². The van der Waals surface area contributed by atoms with Crippen LogP contribution < -0.4 is 0 Å². The van der Waals surface area contributed by atoms with Gasteiger partial charge in [-0.25, -0.2) is 5.11 Å². The topological polar surface area (TPSA) is 24.7 Å². The van der Waals surface area contributed by atoms with Crippen LogP contribution in [0.25, 0.3) is 0 Å². The minimum Gasteiger partial charge on any atom is -0.356 e. The number of hydrogen-bond donors (Lipinski definition) is 0. The predicted octanol–water partition coefficient (Wildman–Crippen LogP) is 1.25. The maximum absolute atomic E-state index is 3.47. The van der Waals surface area contributed by atoms with Crippen molar-refractivity contribution in [3.05, 3.63) is 6.54 Å². The molecule has 0 saturated carbocycles. The van der Waals surface area contributed by atoms with E-state index in [2.05, 4.69) is 10.2 Å². The van der Waals surface area contributed by atoms with E-state index in [1.54, 1.807) is 13.6 Å². The fourth-order valence-electron chi connectivity index (χ4n) is 0.115. The summed E-state index contributed by atoms with van der Waals surface area (Å²) in [4.78, 5) is 0. The molecule has 0 aliphatic carbocycles. The summed E-state index contributed by atoms with van der Waals surface area (Å²) in [7, 11) is 1.64. The molecule has 0 aromatic carbocycles. The Bertz CT molecular complexity index is 35.8. The van der Waals surface area contributed by atoms with E-state index in [4.69, 9.17) is 0 Å². The van der Waals surface area contributed by atoms with E-state index >= 15 is 0 Å². The molecule has 0 fully saturated rings. The van der Waals surface area contributed by atoms with Crippen molar-refractivity contribution in [2.45, 2.75) is 6.92 Å². The summed E-state index contributed by atoms with van der Waals surface area (Å²) in [6.07, 6.45) is 0. The Morgan fingerprint density at radius 1 is 1.50 bits per heavy atom. The van der Waals surface area contributed by atoms with Crippen molar-refractivity contribution in [2.75, 3.05) is 7.05 Å². The summed E-state index contributed by atoms with van der Waals surface area (Å²) in [5.41, 5.74) is 0. The number of azo groups is 1. The van der Waals surface area contributed by atoms with Crippen molar-refractivity contribution in [2.24, 2.45) is 10.2 Å². The molecular weight excluding hydrogens is 248 g/mol. The van der Waals surface area contributed by atoms with Crippen molar-refractivity contribution in [3.63, 3.8) is 0 Å². The van der Waals surface area contributed by atoms with Crippen LogP contribution in [0.4, 0.5) is 0 Å². The molecule has 0 unspecified atom stereocenters. The van der Waals surface area contributed by atoms with Crippen LogP contribution >= 0.6 is 0 Å². The molecule has 3 heteroatoms. The Kier molecular flexibility index (Phi) is 14.1. The summed E-state index contributed by atoms with van der Waals surface area (Å²) < 4.78 is 0. The van der Waals surface area contributed by atoms with Crippen LogP contribution in [0.5, 0.6) is 0 Å². The van der Waals surface area contributed by atoms with E-state index < -0.39 is 0 Å². The van der Waals surface area contributed by atoms with Gasteiger partial charge in [0.2, 0.25) is 0 Å². The first-order valence-electron chi connectivity index (χ1n) is 1.48. The third-order valence-corrected chi connectivity index (χ3v) is 0.231. The Labute approximate surface area is 52.3 Å². The van der Waals surface area contributed by atoms with Gasteiger partial charge in [-0.2, -0.15) is 6.92 Å². The Morgan fingerprint density at radius 2 is 2.00 bits per heavy atom. The van der Waals surface area contributed by atoms with E-state index in [0.29, 0.717) is 0 Å². The van der Waals surface area contributed by atoms with E-state index in [9.17, 15) is 0 Å². The molecule has 0 atom stereocenters. The first-order chi connectivity index (χ1) is 2.41. The fraction of sp³-hybridized carbons (Fsp3) is 0.667. The molecule has 0 bridgehead atoms. The van der Waals surface area contributed by atoms with Gasteiger partial charge in [-0.1, -0.05) is 0 Å². The van der Waals surface area contributed by atoms with Gasteiger partial charge in [0, 0.05) is 7.05 Å². The maximum Gasteiger partial charge on any atom is 2.00 e. The molecule has 0 heterocycles. The smallest absolute Gasteiger partial charge is 0.356 e. The molecule has 2 nitrogen and oxygen atoms in total. The molecule has 0 aliphatic rings. The zero-order chi connectivity index (χ0) is 4.12.